The number of nitrogens with one attached hydrogen (secondary N) is 1. The largest absolute Gasteiger partial charge is 0.503 e. The van der Waals surface area contributed by atoms with E-state index in [4.69, 9.17) is 12.2 Å². The Kier molecular flexibility index (Phi) is 5.83. The van der Waals surface area contributed by atoms with Crippen molar-refractivity contribution in [3.05, 3.63) is 104 Å². The first kappa shape index (κ1) is 21.4. The summed E-state index contributed by atoms with van der Waals surface area (Å²) in [5, 5.41) is 20.0. The van der Waals surface area contributed by atoms with Crippen molar-refractivity contribution in [2.75, 3.05) is 0 Å². The Bertz CT molecular complexity index is 1380. The van der Waals surface area contributed by atoms with Crippen LogP contribution in [0.2, 0.25) is 0 Å². The summed E-state index contributed by atoms with van der Waals surface area (Å²) < 4.78 is 28.8. The van der Waals surface area contributed by atoms with Crippen LogP contribution in [0, 0.1) is 16.4 Å². The van der Waals surface area contributed by atoms with Crippen LogP contribution in [0.25, 0.3) is 6.08 Å². The molecule has 3 aromatic rings. The topological polar surface area (TPSA) is 90.6 Å². The molecule has 0 bridgehead atoms. The molecule has 0 radical (unpaired) electrons. The van der Waals surface area contributed by atoms with Gasteiger partial charge in [-0.05, 0) is 54.6 Å². The second-order valence-corrected chi connectivity index (χ2v) is 7.46. The maximum Gasteiger partial charge on any atom is 0.262 e. The van der Waals surface area contributed by atoms with Crippen molar-refractivity contribution in [2.24, 2.45) is 4.99 Å². The summed E-state index contributed by atoms with van der Waals surface area (Å²) in [4.78, 5) is 19.2. The van der Waals surface area contributed by atoms with Crippen molar-refractivity contribution in [1.29, 1.82) is 0 Å². The van der Waals surface area contributed by atoms with Crippen molar-refractivity contribution in [1.82, 2.24) is 9.55 Å². The number of aromatic nitrogens is 2. The fourth-order valence-corrected chi connectivity index (χ4v) is 3.55. The quantitative estimate of drug-likeness (QED) is 0.504. The molecule has 1 aliphatic rings. The maximum absolute atomic E-state index is 13.6. The van der Waals surface area contributed by atoms with E-state index in [1.54, 1.807) is 0 Å². The molecule has 0 amide bonds. The number of rotatable bonds is 5. The average Bonchev–Trinajstić information content (AvgIpc) is 3.24. The van der Waals surface area contributed by atoms with Crippen LogP contribution in [-0.2, 0) is 13.0 Å². The van der Waals surface area contributed by atoms with Crippen LogP contribution in [0.4, 0.5) is 8.78 Å². The number of benzene rings is 2. The van der Waals surface area contributed by atoms with Gasteiger partial charge in [-0.1, -0.05) is 30.3 Å². The van der Waals surface area contributed by atoms with Crippen molar-refractivity contribution < 1.29 is 19.0 Å². The zero-order valence-corrected chi connectivity index (χ0v) is 17.4. The number of hydrogen-bond donors (Lipinski definition) is 3. The fraction of sp³-hybridized carbons (Fsp3) is 0.0870. The number of aryl methyl sites for hydroxylation is 1. The summed E-state index contributed by atoms with van der Waals surface area (Å²) >= 11 is 5.20. The maximum atomic E-state index is 13.6. The lowest BCUT2D eigenvalue weighted by atomic mass is 10.1. The summed E-state index contributed by atoms with van der Waals surface area (Å²) in [7, 11) is 0. The Balaban J connectivity index is 1.66. The lowest BCUT2D eigenvalue weighted by Crippen LogP contribution is -2.17. The number of aliphatic imine (C=N–C) groups is 1. The predicted octanol–water partition coefficient (Wildman–Crippen LogP) is 4.24. The van der Waals surface area contributed by atoms with Gasteiger partial charge in [-0.2, -0.15) is 0 Å². The molecule has 6 nitrogen and oxygen atoms in total. The number of H-pyrrole nitrogens is 1. The predicted molar refractivity (Wildman–Crippen MR) is 119 cm³/mol. The number of halogens is 2. The average molecular weight is 453 g/mol. The first-order valence-electron chi connectivity index (χ1n) is 9.60. The first-order chi connectivity index (χ1) is 15.3. The van der Waals surface area contributed by atoms with Crippen LogP contribution < -0.4 is 5.56 Å². The Morgan fingerprint density at radius 3 is 2.47 bits per heavy atom. The molecular formula is C23H17F2N3O3S. The van der Waals surface area contributed by atoms with Crippen LogP contribution in [0.3, 0.4) is 0 Å². The number of phenols is 1. The third kappa shape index (κ3) is 4.28. The Morgan fingerprint density at radius 2 is 1.78 bits per heavy atom. The fourth-order valence-electron chi connectivity index (χ4n) is 3.28. The van der Waals surface area contributed by atoms with E-state index in [0.717, 1.165) is 17.7 Å². The molecule has 2 heterocycles. The summed E-state index contributed by atoms with van der Waals surface area (Å²) in [6, 6.07) is 11.5. The minimum Gasteiger partial charge on any atom is -0.503 e. The summed E-state index contributed by atoms with van der Waals surface area (Å²) in [6.45, 7) is 0.345. The van der Waals surface area contributed by atoms with E-state index in [1.165, 1.54) is 22.8 Å². The molecule has 0 spiro atoms. The standard InChI is InChI=1S/C23H17F2N3O3S/c24-17-10-14(11-18(25)20(17)29)19-7-6-15(26-19)12-16-21(30)27-23(32)28(22(16)31)9-8-13-4-2-1-3-5-13/h1-7,10-12,29,31H,8-9H2,(H,27,30,32)/b15-12+. The molecule has 2 aromatic carbocycles. The molecule has 0 atom stereocenters. The summed E-state index contributed by atoms with van der Waals surface area (Å²) in [5.41, 5.74) is 1.06. The van der Waals surface area contributed by atoms with Gasteiger partial charge in [0.1, 0.15) is 5.56 Å². The smallest absolute Gasteiger partial charge is 0.262 e. The number of nitrogens with zero attached hydrogens (tertiary/aromatic N) is 2. The van der Waals surface area contributed by atoms with E-state index in [1.807, 2.05) is 30.3 Å². The van der Waals surface area contributed by atoms with Gasteiger partial charge in [0.25, 0.3) is 5.56 Å². The number of aromatic hydroxyl groups is 2. The molecule has 1 aliphatic heterocycles. The molecule has 9 heteroatoms. The molecule has 0 unspecified atom stereocenters. The van der Waals surface area contributed by atoms with Crippen molar-refractivity contribution in [2.45, 2.75) is 13.0 Å². The van der Waals surface area contributed by atoms with Gasteiger partial charge in [0, 0.05) is 12.1 Å². The molecule has 3 N–H and O–H groups in total. The SMILES string of the molecule is O=c1[nH]c(=S)n(CCc2ccccc2)c(O)c1/C=C1\C=CC(c2cc(F)c(O)c(F)c2)=N1. The molecule has 0 saturated carbocycles. The van der Waals surface area contributed by atoms with Crippen LogP contribution in [0.1, 0.15) is 16.7 Å². The molecule has 0 aliphatic carbocycles. The van der Waals surface area contributed by atoms with Crippen LogP contribution in [0.15, 0.2) is 70.1 Å². The van der Waals surface area contributed by atoms with Crippen molar-refractivity contribution in [3.8, 4) is 11.6 Å². The highest BCUT2D eigenvalue weighted by Crippen LogP contribution is 2.25. The van der Waals surface area contributed by atoms with Gasteiger partial charge < -0.3 is 10.2 Å². The second kappa shape index (κ2) is 8.72. The molecule has 4 rings (SSSR count). The highest BCUT2D eigenvalue weighted by molar-refractivity contribution is 7.71. The highest BCUT2D eigenvalue weighted by atomic mass is 32.1. The zero-order chi connectivity index (χ0) is 22.8. The normalized spacial score (nSPS) is 14.2. The highest BCUT2D eigenvalue weighted by Gasteiger charge is 2.16. The van der Waals surface area contributed by atoms with Gasteiger partial charge in [0.15, 0.2) is 22.2 Å². The monoisotopic (exact) mass is 453 g/mol. The van der Waals surface area contributed by atoms with Gasteiger partial charge in [-0.25, -0.2) is 13.8 Å². The van der Waals surface area contributed by atoms with E-state index in [9.17, 15) is 23.8 Å². The third-order valence-electron chi connectivity index (χ3n) is 4.94. The van der Waals surface area contributed by atoms with Gasteiger partial charge >= 0.3 is 0 Å². The van der Waals surface area contributed by atoms with Crippen LogP contribution >= 0.6 is 12.2 Å². The molecule has 0 fully saturated rings. The lowest BCUT2D eigenvalue weighted by molar-refractivity contribution is 0.396. The van der Waals surface area contributed by atoms with E-state index < -0.39 is 22.9 Å². The van der Waals surface area contributed by atoms with Gasteiger partial charge in [0.05, 0.1) is 11.4 Å². The number of aromatic amines is 1. The molecule has 32 heavy (non-hydrogen) atoms. The third-order valence-corrected chi connectivity index (χ3v) is 5.26. The van der Waals surface area contributed by atoms with Crippen LogP contribution in [-0.4, -0.2) is 25.5 Å². The Labute approximate surface area is 186 Å². The zero-order valence-electron chi connectivity index (χ0n) is 16.5. The lowest BCUT2D eigenvalue weighted by Gasteiger charge is -2.11. The van der Waals surface area contributed by atoms with E-state index in [0.29, 0.717) is 18.7 Å². The first-order valence-corrected chi connectivity index (χ1v) is 10.0. The molecule has 0 saturated heterocycles. The summed E-state index contributed by atoms with van der Waals surface area (Å²) in [6.07, 6.45) is 4.99. The van der Waals surface area contributed by atoms with Gasteiger partial charge in [-0.15, -0.1) is 0 Å². The van der Waals surface area contributed by atoms with Crippen LogP contribution in [0.5, 0.6) is 11.6 Å². The molecule has 162 valence electrons. The summed E-state index contributed by atoms with van der Waals surface area (Å²) in [5.74, 6) is -3.58. The number of hydrogen-bond acceptors (Lipinski definition) is 5. The Hall–Kier alpha value is -3.85. The van der Waals surface area contributed by atoms with Gasteiger partial charge in [-0.3, -0.25) is 14.3 Å². The molecular weight excluding hydrogens is 436 g/mol. The van der Waals surface area contributed by atoms with Gasteiger partial charge in [0.2, 0.25) is 5.88 Å². The molecule has 1 aromatic heterocycles. The number of allylic oxidation sites excluding steroid dienone is 2. The van der Waals surface area contributed by atoms with E-state index in [-0.39, 0.29) is 27.5 Å². The van der Waals surface area contributed by atoms with Crippen molar-refractivity contribution in [3.63, 3.8) is 0 Å². The minimum atomic E-state index is -1.11. The minimum absolute atomic E-state index is 0.0422. The van der Waals surface area contributed by atoms with Crippen molar-refractivity contribution >= 4 is 24.0 Å². The second-order valence-electron chi connectivity index (χ2n) is 7.07. The number of phenolic OH excluding ortho intramolecular Hbond substituents is 1. The Morgan fingerprint density at radius 1 is 1.09 bits per heavy atom. The van der Waals surface area contributed by atoms with E-state index in [2.05, 4.69) is 9.98 Å². The van der Waals surface area contributed by atoms with E-state index >= 15 is 0 Å².